The van der Waals surface area contributed by atoms with Crippen molar-refractivity contribution in [2.75, 3.05) is 26.5 Å². The van der Waals surface area contributed by atoms with Crippen molar-refractivity contribution in [2.45, 2.75) is 45.7 Å². The number of nitrogens with zero attached hydrogens (tertiary/aromatic N) is 1. The molecule has 1 saturated carbocycles. The summed E-state index contributed by atoms with van der Waals surface area (Å²) in [6, 6.07) is 7.02. The van der Waals surface area contributed by atoms with E-state index in [-0.39, 0.29) is 0 Å². The maximum absolute atomic E-state index is 5.54. The van der Waals surface area contributed by atoms with E-state index in [0.29, 0.717) is 6.04 Å². The van der Waals surface area contributed by atoms with Crippen LogP contribution in [0.3, 0.4) is 0 Å². The molecule has 118 valence electrons. The minimum absolute atomic E-state index is 0.544. The zero-order chi connectivity index (χ0) is 15.4. The van der Waals surface area contributed by atoms with Crippen LogP contribution >= 0.6 is 0 Å². The number of nitrogens with one attached hydrogen (secondary N) is 1. The number of hydrogen-bond acceptors (Lipinski definition) is 3. The first-order valence-electron chi connectivity index (χ1n) is 8.09. The van der Waals surface area contributed by atoms with Gasteiger partial charge in [-0.25, -0.2) is 0 Å². The molecule has 1 aliphatic carbocycles. The van der Waals surface area contributed by atoms with E-state index in [0.717, 1.165) is 29.8 Å². The summed E-state index contributed by atoms with van der Waals surface area (Å²) in [6.45, 7) is 5.68. The number of rotatable bonds is 5. The maximum Gasteiger partial charge on any atom is 0.141 e. The lowest BCUT2D eigenvalue weighted by atomic mass is 9.78. The van der Waals surface area contributed by atoms with E-state index in [1.807, 2.05) is 0 Å². The van der Waals surface area contributed by atoms with E-state index in [1.54, 1.807) is 7.11 Å². The van der Waals surface area contributed by atoms with Crippen LogP contribution in [0.15, 0.2) is 18.2 Å². The Kier molecular flexibility index (Phi) is 5.51. The average Bonchev–Trinajstić information content (AvgIpc) is 2.43. The third kappa shape index (κ3) is 4.13. The van der Waals surface area contributed by atoms with Gasteiger partial charge in [-0.2, -0.15) is 0 Å². The van der Waals surface area contributed by atoms with Crippen LogP contribution in [-0.2, 0) is 6.54 Å². The van der Waals surface area contributed by atoms with E-state index in [1.165, 1.54) is 24.8 Å². The zero-order valence-corrected chi connectivity index (χ0v) is 14.1. The van der Waals surface area contributed by atoms with Crippen LogP contribution in [0.25, 0.3) is 0 Å². The smallest absolute Gasteiger partial charge is 0.141 e. The Hall–Kier alpha value is -1.22. The van der Waals surface area contributed by atoms with Gasteiger partial charge in [-0.05, 0) is 56.5 Å². The number of benzene rings is 1. The molecule has 0 spiro atoms. The lowest BCUT2D eigenvalue weighted by Crippen LogP contribution is -2.37. The minimum atomic E-state index is 0.544. The second-order valence-corrected chi connectivity index (χ2v) is 6.83. The summed E-state index contributed by atoms with van der Waals surface area (Å²) >= 11 is 0. The van der Waals surface area contributed by atoms with E-state index in [4.69, 9.17) is 4.74 Å². The number of anilines is 1. The molecular formula is C18H30N2O. The predicted octanol–water partition coefficient (Wildman–Crippen LogP) is 3.99. The quantitative estimate of drug-likeness (QED) is 0.887. The van der Waals surface area contributed by atoms with Crippen LogP contribution < -0.4 is 10.1 Å². The van der Waals surface area contributed by atoms with Gasteiger partial charge >= 0.3 is 0 Å². The van der Waals surface area contributed by atoms with Gasteiger partial charge in [0.2, 0.25) is 0 Å². The molecule has 1 aromatic carbocycles. The molecule has 3 heteroatoms. The van der Waals surface area contributed by atoms with Crippen LogP contribution in [-0.4, -0.2) is 32.1 Å². The van der Waals surface area contributed by atoms with E-state index >= 15 is 0 Å². The van der Waals surface area contributed by atoms with Crippen molar-refractivity contribution in [2.24, 2.45) is 11.8 Å². The summed E-state index contributed by atoms with van der Waals surface area (Å²) in [5, 5.41) is 3.77. The van der Waals surface area contributed by atoms with Crippen LogP contribution in [0.1, 0.15) is 38.7 Å². The first-order valence-corrected chi connectivity index (χ1v) is 8.09. The Bertz CT molecular complexity index is 449. The summed E-state index contributed by atoms with van der Waals surface area (Å²) in [5.74, 6) is 2.38. The SMILES string of the molecule is COc1ccc(CN(C)C)cc1NC1C(C)CCCC1C. The minimum Gasteiger partial charge on any atom is -0.495 e. The van der Waals surface area contributed by atoms with Crippen LogP contribution in [0.5, 0.6) is 5.75 Å². The number of ether oxygens (including phenoxy) is 1. The van der Waals surface area contributed by atoms with E-state index < -0.39 is 0 Å². The largest absolute Gasteiger partial charge is 0.495 e. The monoisotopic (exact) mass is 290 g/mol. The van der Waals surface area contributed by atoms with Gasteiger partial charge < -0.3 is 15.0 Å². The van der Waals surface area contributed by atoms with Crippen molar-refractivity contribution in [3.63, 3.8) is 0 Å². The fourth-order valence-corrected chi connectivity index (χ4v) is 3.48. The molecule has 0 heterocycles. The van der Waals surface area contributed by atoms with Gasteiger partial charge in [0.05, 0.1) is 12.8 Å². The molecule has 1 fully saturated rings. The van der Waals surface area contributed by atoms with Crippen molar-refractivity contribution in [3.8, 4) is 5.75 Å². The van der Waals surface area contributed by atoms with Gasteiger partial charge in [-0.3, -0.25) is 0 Å². The Morgan fingerprint density at radius 2 is 1.86 bits per heavy atom. The lowest BCUT2D eigenvalue weighted by Gasteiger charge is -2.36. The van der Waals surface area contributed by atoms with Gasteiger partial charge in [0.25, 0.3) is 0 Å². The number of methoxy groups -OCH3 is 1. The van der Waals surface area contributed by atoms with Gasteiger partial charge in [-0.1, -0.05) is 26.3 Å². The van der Waals surface area contributed by atoms with Gasteiger partial charge in [-0.15, -0.1) is 0 Å². The molecule has 0 amide bonds. The molecule has 0 aromatic heterocycles. The Morgan fingerprint density at radius 1 is 1.19 bits per heavy atom. The van der Waals surface area contributed by atoms with Crippen LogP contribution in [0, 0.1) is 11.8 Å². The molecule has 0 saturated heterocycles. The van der Waals surface area contributed by atoms with Crippen LogP contribution in [0.4, 0.5) is 5.69 Å². The topological polar surface area (TPSA) is 24.5 Å². The molecule has 0 bridgehead atoms. The summed E-state index contributed by atoms with van der Waals surface area (Å²) < 4.78 is 5.54. The molecule has 2 unspecified atom stereocenters. The summed E-state index contributed by atoms with van der Waals surface area (Å²) in [5.41, 5.74) is 2.46. The maximum atomic E-state index is 5.54. The first-order chi connectivity index (χ1) is 10.0. The van der Waals surface area contributed by atoms with Crippen molar-refractivity contribution < 1.29 is 4.74 Å². The summed E-state index contributed by atoms with van der Waals surface area (Å²) in [6.07, 6.45) is 4.00. The summed E-state index contributed by atoms with van der Waals surface area (Å²) in [7, 11) is 5.95. The highest BCUT2D eigenvalue weighted by molar-refractivity contribution is 5.59. The molecule has 1 aromatic rings. The second kappa shape index (κ2) is 7.17. The molecule has 0 radical (unpaired) electrons. The van der Waals surface area contributed by atoms with Crippen molar-refractivity contribution in [3.05, 3.63) is 23.8 Å². The highest BCUT2D eigenvalue weighted by Gasteiger charge is 2.28. The van der Waals surface area contributed by atoms with Crippen molar-refractivity contribution in [1.29, 1.82) is 0 Å². The average molecular weight is 290 g/mol. The lowest BCUT2D eigenvalue weighted by molar-refractivity contribution is 0.267. The zero-order valence-electron chi connectivity index (χ0n) is 14.1. The molecule has 1 aliphatic rings. The molecule has 1 N–H and O–H groups in total. The van der Waals surface area contributed by atoms with Crippen LogP contribution in [0.2, 0.25) is 0 Å². The predicted molar refractivity (Wildman–Crippen MR) is 90.0 cm³/mol. The Labute approximate surface area is 129 Å². The van der Waals surface area contributed by atoms with Gasteiger partial charge in [0.15, 0.2) is 0 Å². The highest BCUT2D eigenvalue weighted by Crippen LogP contribution is 2.34. The Morgan fingerprint density at radius 3 is 2.43 bits per heavy atom. The third-order valence-electron chi connectivity index (χ3n) is 4.63. The van der Waals surface area contributed by atoms with E-state index in [2.05, 4.69) is 56.4 Å². The molecular weight excluding hydrogens is 260 g/mol. The van der Waals surface area contributed by atoms with Crippen molar-refractivity contribution in [1.82, 2.24) is 4.90 Å². The highest BCUT2D eigenvalue weighted by atomic mass is 16.5. The normalized spacial score (nSPS) is 25.9. The second-order valence-electron chi connectivity index (χ2n) is 6.83. The molecule has 2 rings (SSSR count). The third-order valence-corrected chi connectivity index (χ3v) is 4.63. The van der Waals surface area contributed by atoms with Gasteiger partial charge in [0, 0.05) is 12.6 Å². The molecule has 2 atom stereocenters. The van der Waals surface area contributed by atoms with Gasteiger partial charge in [0.1, 0.15) is 5.75 Å². The fraction of sp³-hybridized carbons (Fsp3) is 0.667. The van der Waals surface area contributed by atoms with E-state index in [9.17, 15) is 0 Å². The van der Waals surface area contributed by atoms with Crippen molar-refractivity contribution >= 4 is 5.69 Å². The molecule has 3 nitrogen and oxygen atoms in total. The molecule has 21 heavy (non-hydrogen) atoms. The first kappa shape index (κ1) is 16.2. The standard InChI is InChI=1S/C18H30N2O/c1-13-7-6-8-14(2)18(13)19-16-11-15(12-20(3)4)9-10-17(16)21-5/h9-11,13-14,18-19H,6-8,12H2,1-5H3. The Balaban J connectivity index is 2.19. The fourth-order valence-electron chi connectivity index (χ4n) is 3.48. The summed E-state index contributed by atoms with van der Waals surface area (Å²) in [4.78, 5) is 2.19. The number of hydrogen-bond donors (Lipinski definition) is 1. The molecule has 0 aliphatic heterocycles.